The molecule has 0 bridgehead atoms. The van der Waals surface area contributed by atoms with Gasteiger partial charge in [-0.2, -0.15) is 5.21 Å². The van der Waals surface area contributed by atoms with Gasteiger partial charge >= 0.3 is 6.09 Å². The van der Waals surface area contributed by atoms with E-state index in [4.69, 9.17) is 15.3 Å². The standard InChI is InChI=1S/C15H13N7O3/c16-15(23)25-12-8-4-7-11(17-12)9-24-20-13(14-18-21-22-19-14)10-5-2-1-3-6-10/h1-8H,9H2,(H2,16,23)(H,18,19,21,22)/b20-13-. The van der Waals surface area contributed by atoms with Gasteiger partial charge in [-0.1, -0.05) is 41.6 Å². The second-order valence-corrected chi connectivity index (χ2v) is 4.70. The van der Waals surface area contributed by atoms with Gasteiger partial charge in [0.05, 0.1) is 5.69 Å². The van der Waals surface area contributed by atoms with Crippen molar-refractivity contribution in [3.63, 3.8) is 0 Å². The third kappa shape index (κ3) is 4.34. The van der Waals surface area contributed by atoms with Crippen LogP contribution in [-0.4, -0.2) is 37.4 Å². The quantitative estimate of drug-likeness (QED) is 0.504. The predicted molar refractivity (Wildman–Crippen MR) is 85.5 cm³/mol. The maximum absolute atomic E-state index is 10.8. The number of nitrogens with one attached hydrogen (secondary N) is 1. The minimum absolute atomic E-state index is 0.0458. The molecule has 1 aromatic carbocycles. The summed E-state index contributed by atoms with van der Waals surface area (Å²) in [6.45, 7) is 0.0458. The lowest BCUT2D eigenvalue weighted by Gasteiger charge is -2.05. The van der Waals surface area contributed by atoms with Gasteiger partial charge in [0.15, 0.2) is 12.3 Å². The first-order valence-electron chi connectivity index (χ1n) is 7.15. The van der Waals surface area contributed by atoms with Crippen molar-refractivity contribution in [3.05, 3.63) is 65.6 Å². The van der Waals surface area contributed by atoms with Crippen LogP contribution >= 0.6 is 0 Å². The van der Waals surface area contributed by atoms with Gasteiger partial charge in [0.1, 0.15) is 0 Å². The number of rotatable bonds is 6. The predicted octanol–water partition coefficient (Wildman–Crippen LogP) is 1.02. The molecule has 3 N–H and O–H groups in total. The summed E-state index contributed by atoms with van der Waals surface area (Å²) in [5.74, 6) is 0.379. The van der Waals surface area contributed by atoms with Crippen LogP contribution in [0.1, 0.15) is 17.1 Å². The van der Waals surface area contributed by atoms with Crippen LogP contribution in [-0.2, 0) is 11.4 Å². The van der Waals surface area contributed by atoms with Gasteiger partial charge in [-0.05, 0) is 11.3 Å². The SMILES string of the molecule is NC(=O)Oc1cccc(CO/N=C(/c2ccccc2)c2nn[nH]n2)n1. The van der Waals surface area contributed by atoms with Crippen LogP contribution in [0.3, 0.4) is 0 Å². The van der Waals surface area contributed by atoms with E-state index in [0.717, 1.165) is 5.56 Å². The van der Waals surface area contributed by atoms with Crippen LogP contribution in [0.5, 0.6) is 5.88 Å². The van der Waals surface area contributed by atoms with Crippen LogP contribution in [0.4, 0.5) is 4.79 Å². The van der Waals surface area contributed by atoms with Crippen molar-refractivity contribution >= 4 is 11.8 Å². The van der Waals surface area contributed by atoms with E-state index >= 15 is 0 Å². The molecule has 3 rings (SSSR count). The topological polar surface area (TPSA) is 141 Å². The molecule has 0 unspecified atom stereocenters. The van der Waals surface area contributed by atoms with E-state index in [2.05, 4.69) is 30.8 Å². The molecule has 0 saturated heterocycles. The van der Waals surface area contributed by atoms with E-state index in [9.17, 15) is 4.79 Å². The number of hydrogen-bond acceptors (Lipinski definition) is 8. The highest BCUT2D eigenvalue weighted by Crippen LogP contribution is 2.10. The Balaban J connectivity index is 1.75. The number of tetrazole rings is 1. The molecule has 3 aromatic rings. The molecule has 0 spiro atoms. The number of H-pyrrole nitrogens is 1. The Bertz CT molecular complexity index is 866. The van der Waals surface area contributed by atoms with Crippen molar-refractivity contribution in [1.82, 2.24) is 25.6 Å². The maximum Gasteiger partial charge on any atom is 0.411 e. The Morgan fingerprint density at radius 1 is 1.16 bits per heavy atom. The molecule has 0 fully saturated rings. The minimum atomic E-state index is -0.938. The van der Waals surface area contributed by atoms with E-state index in [-0.39, 0.29) is 12.5 Å². The van der Waals surface area contributed by atoms with Crippen molar-refractivity contribution in [2.75, 3.05) is 0 Å². The van der Waals surface area contributed by atoms with Gasteiger partial charge in [0.25, 0.3) is 0 Å². The van der Waals surface area contributed by atoms with Crippen molar-refractivity contribution in [2.45, 2.75) is 6.61 Å². The molecule has 126 valence electrons. The van der Waals surface area contributed by atoms with Gasteiger partial charge in [0, 0.05) is 11.6 Å². The lowest BCUT2D eigenvalue weighted by molar-refractivity contribution is 0.127. The summed E-state index contributed by atoms with van der Waals surface area (Å²) in [5, 5.41) is 17.8. The number of nitrogens with two attached hydrogens (primary N) is 1. The fourth-order valence-corrected chi connectivity index (χ4v) is 1.94. The number of oxime groups is 1. The second-order valence-electron chi connectivity index (χ2n) is 4.70. The number of carbonyl (C=O) groups excluding carboxylic acids is 1. The summed E-state index contributed by atoms with van der Waals surface area (Å²) in [4.78, 5) is 20.2. The highest BCUT2D eigenvalue weighted by molar-refractivity contribution is 6.10. The maximum atomic E-state index is 10.8. The van der Waals surface area contributed by atoms with E-state index in [1.165, 1.54) is 6.07 Å². The fraction of sp³-hybridized carbons (Fsp3) is 0.0667. The molecule has 0 aliphatic heterocycles. The van der Waals surface area contributed by atoms with Gasteiger partial charge < -0.3 is 15.3 Å². The summed E-state index contributed by atoms with van der Waals surface area (Å²) in [7, 11) is 0. The van der Waals surface area contributed by atoms with E-state index in [0.29, 0.717) is 17.2 Å². The second kappa shape index (κ2) is 7.64. The number of aromatic nitrogens is 5. The third-order valence-corrected chi connectivity index (χ3v) is 2.96. The first-order valence-corrected chi connectivity index (χ1v) is 7.15. The lowest BCUT2D eigenvalue weighted by atomic mass is 10.1. The zero-order valence-electron chi connectivity index (χ0n) is 12.9. The molecule has 10 heteroatoms. The number of aromatic amines is 1. The van der Waals surface area contributed by atoms with Crippen LogP contribution in [0.2, 0.25) is 0 Å². The molecular weight excluding hydrogens is 326 g/mol. The monoisotopic (exact) mass is 339 g/mol. The Morgan fingerprint density at radius 3 is 2.72 bits per heavy atom. The number of benzene rings is 1. The van der Waals surface area contributed by atoms with E-state index < -0.39 is 6.09 Å². The number of ether oxygens (including phenoxy) is 1. The zero-order chi connectivity index (χ0) is 17.5. The van der Waals surface area contributed by atoms with Gasteiger partial charge in [-0.25, -0.2) is 9.78 Å². The number of hydrogen-bond donors (Lipinski definition) is 2. The van der Waals surface area contributed by atoms with E-state index in [1.807, 2.05) is 30.3 Å². The third-order valence-electron chi connectivity index (χ3n) is 2.96. The highest BCUT2D eigenvalue weighted by Gasteiger charge is 2.12. The molecule has 2 aromatic heterocycles. The molecule has 25 heavy (non-hydrogen) atoms. The summed E-state index contributed by atoms with van der Waals surface area (Å²) in [6.07, 6.45) is -0.938. The average molecular weight is 339 g/mol. The van der Waals surface area contributed by atoms with Gasteiger partial charge in [-0.3, -0.25) is 0 Å². The molecule has 0 aliphatic carbocycles. The number of amides is 1. The number of carbonyl (C=O) groups is 1. The summed E-state index contributed by atoms with van der Waals surface area (Å²) in [6, 6.07) is 14.1. The summed E-state index contributed by atoms with van der Waals surface area (Å²) >= 11 is 0. The minimum Gasteiger partial charge on any atom is -0.391 e. The van der Waals surface area contributed by atoms with Crippen molar-refractivity contribution in [3.8, 4) is 5.88 Å². The molecule has 2 heterocycles. The molecule has 0 atom stereocenters. The Hall–Kier alpha value is -3.82. The fourth-order valence-electron chi connectivity index (χ4n) is 1.94. The summed E-state index contributed by atoms with van der Waals surface area (Å²) < 4.78 is 4.71. The van der Waals surface area contributed by atoms with Crippen molar-refractivity contribution in [2.24, 2.45) is 10.9 Å². The highest BCUT2D eigenvalue weighted by atomic mass is 16.6. The Morgan fingerprint density at radius 2 is 2.00 bits per heavy atom. The van der Waals surface area contributed by atoms with Crippen LogP contribution in [0, 0.1) is 0 Å². The van der Waals surface area contributed by atoms with Crippen LogP contribution < -0.4 is 10.5 Å². The first-order chi connectivity index (χ1) is 12.2. The van der Waals surface area contributed by atoms with Gasteiger partial charge in [-0.15, -0.1) is 10.2 Å². The molecule has 0 radical (unpaired) electrons. The van der Waals surface area contributed by atoms with Crippen molar-refractivity contribution in [1.29, 1.82) is 0 Å². The Kier molecular flexibility index (Phi) is 4.90. The summed E-state index contributed by atoms with van der Waals surface area (Å²) in [5.41, 5.74) is 6.64. The molecular formula is C15H13N7O3. The first kappa shape index (κ1) is 16.1. The average Bonchev–Trinajstić information content (AvgIpc) is 3.13. The van der Waals surface area contributed by atoms with Crippen molar-refractivity contribution < 1.29 is 14.4 Å². The van der Waals surface area contributed by atoms with E-state index in [1.54, 1.807) is 12.1 Å². The largest absolute Gasteiger partial charge is 0.411 e. The Labute approximate surface area is 141 Å². The zero-order valence-corrected chi connectivity index (χ0v) is 12.9. The lowest BCUT2D eigenvalue weighted by Crippen LogP contribution is -2.17. The molecule has 0 aliphatic rings. The smallest absolute Gasteiger partial charge is 0.391 e. The molecule has 10 nitrogen and oxygen atoms in total. The van der Waals surface area contributed by atoms with Crippen LogP contribution in [0.25, 0.3) is 0 Å². The van der Waals surface area contributed by atoms with Gasteiger partial charge in [0.2, 0.25) is 11.7 Å². The molecule has 1 amide bonds. The van der Waals surface area contributed by atoms with Crippen LogP contribution in [0.15, 0.2) is 53.7 Å². The number of primary amides is 1. The number of pyridine rings is 1. The normalized spacial score (nSPS) is 11.1. The number of nitrogens with zero attached hydrogens (tertiary/aromatic N) is 5. The molecule has 0 saturated carbocycles.